The molecule has 192 valence electrons. The lowest BCUT2D eigenvalue weighted by Gasteiger charge is -2.37. The van der Waals surface area contributed by atoms with Gasteiger partial charge in [0.15, 0.2) is 0 Å². The van der Waals surface area contributed by atoms with Crippen LogP contribution in [0.3, 0.4) is 0 Å². The third kappa shape index (κ3) is 5.70. The smallest absolute Gasteiger partial charge is 0.325 e. The second-order valence-electron chi connectivity index (χ2n) is 10.0. The van der Waals surface area contributed by atoms with Gasteiger partial charge in [0.2, 0.25) is 5.91 Å². The number of hydrogen-bond acceptors (Lipinski definition) is 5. The molecule has 4 rings (SSSR count). The zero-order chi connectivity index (χ0) is 25.7. The molecule has 0 aliphatic carbocycles. The number of hydrogen-bond donors (Lipinski definition) is 2. The van der Waals surface area contributed by atoms with Crippen LogP contribution in [0.4, 0.5) is 4.79 Å². The van der Waals surface area contributed by atoms with E-state index >= 15 is 0 Å². The van der Waals surface area contributed by atoms with Crippen molar-refractivity contribution in [1.29, 1.82) is 0 Å². The highest BCUT2D eigenvalue weighted by molar-refractivity contribution is 6.07. The van der Waals surface area contributed by atoms with Crippen LogP contribution in [0.15, 0.2) is 54.6 Å². The van der Waals surface area contributed by atoms with Crippen LogP contribution in [0.25, 0.3) is 0 Å². The number of ether oxygens (including phenoxy) is 1. The Hall–Kier alpha value is -3.39. The summed E-state index contributed by atoms with van der Waals surface area (Å²) in [4.78, 5) is 42.1. The summed E-state index contributed by atoms with van der Waals surface area (Å²) in [5.41, 5.74) is 1.14. The molecule has 4 amide bonds. The average molecular weight is 493 g/mol. The number of imide groups is 1. The number of rotatable bonds is 9. The second-order valence-corrected chi connectivity index (χ2v) is 10.0. The van der Waals surface area contributed by atoms with Crippen molar-refractivity contribution in [1.82, 2.24) is 20.4 Å². The lowest BCUT2D eigenvalue weighted by molar-refractivity contribution is -0.133. The van der Waals surface area contributed by atoms with Crippen molar-refractivity contribution in [3.63, 3.8) is 0 Å². The highest BCUT2D eigenvalue weighted by Gasteiger charge is 2.52. The van der Waals surface area contributed by atoms with Crippen LogP contribution in [0.5, 0.6) is 5.75 Å². The van der Waals surface area contributed by atoms with E-state index in [1.807, 2.05) is 68.4 Å². The Morgan fingerprint density at radius 1 is 1.06 bits per heavy atom. The van der Waals surface area contributed by atoms with E-state index < -0.39 is 5.54 Å². The SMILES string of the molecule is COc1ccc(CN2C(=O)NC3(CCN(CC[C@H](NC(=O)C(C)C)c4ccccc4)CC3)C2=O)cc1. The first-order chi connectivity index (χ1) is 17.3. The van der Waals surface area contributed by atoms with Gasteiger partial charge in [-0.1, -0.05) is 56.3 Å². The number of amides is 4. The number of carbonyl (C=O) groups excluding carboxylic acids is 3. The molecule has 2 heterocycles. The molecule has 2 N–H and O–H groups in total. The van der Waals surface area contributed by atoms with Gasteiger partial charge in [-0.15, -0.1) is 0 Å². The molecule has 8 nitrogen and oxygen atoms in total. The summed E-state index contributed by atoms with van der Waals surface area (Å²) in [6.45, 7) is 6.25. The topological polar surface area (TPSA) is 91.0 Å². The maximum absolute atomic E-state index is 13.3. The molecule has 2 saturated heterocycles. The van der Waals surface area contributed by atoms with E-state index in [4.69, 9.17) is 4.74 Å². The summed E-state index contributed by atoms with van der Waals surface area (Å²) in [5.74, 6) is 0.550. The summed E-state index contributed by atoms with van der Waals surface area (Å²) >= 11 is 0. The molecule has 8 heteroatoms. The number of methoxy groups -OCH3 is 1. The molecule has 1 spiro atoms. The number of likely N-dealkylation sites (tertiary alicyclic amines) is 1. The molecule has 0 aromatic heterocycles. The first-order valence-electron chi connectivity index (χ1n) is 12.7. The maximum Gasteiger partial charge on any atom is 0.325 e. The van der Waals surface area contributed by atoms with Crippen LogP contribution < -0.4 is 15.4 Å². The molecule has 2 fully saturated rings. The van der Waals surface area contributed by atoms with E-state index in [0.29, 0.717) is 25.9 Å². The summed E-state index contributed by atoms with van der Waals surface area (Å²) < 4.78 is 5.19. The van der Waals surface area contributed by atoms with Gasteiger partial charge in [0.1, 0.15) is 11.3 Å². The van der Waals surface area contributed by atoms with Crippen molar-refractivity contribution in [3.8, 4) is 5.75 Å². The van der Waals surface area contributed by atoms with Crippen LogP contribution in [0, 0.1) is 5.92 Å². The van der Waals surface area contributed by atoms with Gasteiger partial charge >= 0.3 is 6.03 Å². The summed E-state index contributed by atoms with van der Waals surface area (Å²) in [5, 5.41) is 6.17. The number of piperidine rings is 1. The monoisotopic (exact) mass is 492 g/mol. The van der Waals surface area contributed by atoms with Gasteiger partial charge in [-0.05, 0) is 42.5 Å². The molecule has 2 aliphatic rings. The molecular weight excluding hydrogens is 456 g/mol. The van der Waals surface area contributed by atoms with Gasteiger partial charge in [-0.3, -0.25) is 14.5 Å². The number of urea groups is 1. The molecule has 1 atom stereocenters. The zero-order valence-corrected chi connectivity index (χ0v) is 21.3. The third-order valence-electron chi connectivity index (χ3n) is 7.23. The first kappa shape index (κ1) is 25.7. The predicted molar refractivity (Wildman–Crippen MR) is 137 cm³/mol. The standard InChI is InChI=1S/C28H36N4O4/c1-20(2)25(33)29-24(22-7-5-4-6-8-22)13-16-31-17-14-28(15-18-31)26(34)32(27(35)30-28)19-21-9-11-23(36-3)12-10-21/h4-12,20,24H,13-19H2,1-3H3,(H,29,33)(H,30,35)/t24-/m0/s1. The average Bonchev–Trinajstić information content (AvgIpc) is 3.12. The molecule has 0 radical (unpaired) electrons. The molecule has 2 aromatic carbocycles. The fraction of sp³-hybridized carbons (Fsp3) is 0.464. The summed E-state index contributed by atoms with van der Waals surface area (Å²) in [6.07, 6.45) is 1.93. The van der Waals surface area contributed by atoms with Crippen LogP contribution in [-0.4, -0.2) is 59.9 Å². The number of benzene rings is 2. The quantitative estimate of drug-likeness (QED) is 0.523. The third-order valence-corrected chi connectivity index (χ3v) is 7.23. The van der Waals surface area contributed by atoms with Crippen LogP contribution in [0.2, 0.25) is 0 Å². The molecule has 0 unspecified atom stereocenters. The minimum atomic E-state index is -0.829. The van der Waals surface area contributed by atoms with Gasteiger partial charge in [0, 0.05) is 25.6 Å². The molecule has 2 aliphatic heterocycles. The first-order valence-corrected chi connectivity index (χ1v) is 12.7. The predicted octanol–water partition coefficient (Wildman–Crippen LogP) is 3.49. The minimum Gasteiger partial charge on any atom is -0.497 e. The number of carbonyl (C=O) groups is 3. The Bertz CT molecular complexity index is 1060. The fourth-order valence-electron chi connectivity index (χ4n) is 4.89. The Kier molecular flexibility index (Phi) is 7.94. The van der Waals surface area contributed by atoms with E-state index in [0.717, 1.165) is 29.8 Å². The summed E-state index contributed by atoms with van der Waals surface area (Å²) in [6, 6.07) is 17.0. The highest BCUT2D eigenvalue weighted by Crippen LogP contribution is 2.31. The fourth-order valence-corrected chi connectivity index (χ4v) is 4.89. The number of nitrogens with zero attached hydrogens (tertiary/aromatic N) is 2. The van der Waals surface area contributed by atoms with Crippen molar-refractivity contribution in [3.05, 3.63) is 65.7 Å². The van der Waals surface area contributed by atoms with E-state index in [-0.39, 0.29) is 36.3 Å². The van der Waals surface area contributed by atoms with Crippen molar-refractivity contribution < 1.29 is 19.1 Å². The molecule has 0 saturated carbocycles. The van der Waals surface area contributed by atoms with Gasteiger partial charge in [-0.2, -0.15) is 0 Å². The zero-order valence-electron chi connectivity index (χ0n) is 21.3. The Labute approximate surface area is 213 Å². The lowest BCUT2D eigenvalue weighted by Crippen LogP contribution is -2.55. The highest BCUT2D eigenvalue weighted by atomic mass is 16.5. The van der Waals surface area contributed by atoms with Crippen molar-refractivity contribution >= 4 is 17.8 Å². The van der Waals surface area contributed by atoms with E-state index in [1.165, 1.54) is 4.90 Å². The van der Waals surface area contributed by atoms with Crippen molar-refractivity contribution in [2.75, 3.05) is 26.7 Å². The van der Waals surface area contributed by atoms with Gasteiger partial charge in [-0.25, -0.2) is 4.79 Å². The molecule has 2 aromatic rings. The molecular formula is C28H36N4O4. The molecule has 36 heavy (non-hydrogen) atoms. The van der Waals surface area contributed by atoms with Crippen LogP contribution in [-0.2, 0) is 16.1 Å². The molecule has 0 bridgehead atoms. The largest absolute Gasteiger partial charge is 0.497 e. The Balaban J connectivity index is 1.34. The second kappa shape index (κ2) is 11.1. The van der Waals surface area contributed by atoms with E-state index in [9.17, 15) is 14.4 Å². The van der Waals surface area contributed by atoms with Gasteiger partial charge < -0.3 is 20.3 Å². The minimum absolute atomic E-state index is 0.0395. The normalized spacial score (nSPS) is 18.4. The van der Waals surface area contributed by atoms with E-state index in [2.05, 4.69) is 15.5 Å². The van der Waals surface area contributed by atoms with E-state index in [1.54, 1.807) is 7.11 Å². The van der Waals surface area contributed by atoms with Crippen molar-refractivity contribution in [2.45, 2.75) is 51.2 Å². The maximum atomic E-state index is 13.3. The number of nitrogens with one attached hydrogen (secondary N) is 2. The van der Waals surface area contributed by atoms with Gasteiger partial charge in [0.25, 0.3) is 5.91 Å². The van der Waals surface area contributed by atoms with Gasteiger partial charge in [0.05, 0.1) is 19.7 Å². The van der Waals surface area contributed by atoms with Crippen LogP contribution >= 0.6 is 0 Å². The summed E-state index contributed by atoms with van der Waals surface area (Å²) in [7, 11) is 1.60. The van der Waals surface area contributed by atoms with Crippen LogP contribution in [0.1, 0.15) is 50.3 Å². The van der Waals surface area contributed by atoms with Crippen molar-refractivity contribution in [2.24, 2.45) is 5.92 Å². The Morgan fingerprint density at radius 3 is 2.33 bits per heavy atom. The Morgan fingerprint density at radius 2 is 1.72 bits per heavy atom. The lowest BCUT2D eigenvalue weighted by atomic mass is 9.87.